The van der Waals surface area contributed by atoms with Crippen LogP contribution in [-0.4, -0.2) is 31.7 Å². The van der Waals surface area contributed by atoms with E-state index in [2.05, 4.69) is 26.0 Å². The molecule has 3 aromatic rings. The van der Waals surface area contributed by atoms with Crippen LogP contribution >= 0.6 is 15.9 Å². The van der Waals surface area contributed by atoms with E-state index < -0.39 is 15.9 Å². The van der Waals surface area contributed by atoms with Crippen molar-refractivity contribution in [1.82, 2.24) is 9.88 Å². The number of anilines is 1. The molecule has 0 saturated carbocycles. The summed E-state index contributed by atoms with van der Waals surface area (Å²) in [6.07, 6.45) is 1.49. The number of aromatic nitrogens is 1. The summed E-state index contributed by atoms with van der Waals surface area (Å²) in [6, 6.07) is 7.61. The topological polar surface area (TPSA) is 110 Å². The molecule has 8 nitrogen and oxygen atoms in total. The predicted octanol–water partition coefficient (Wildman–Crippen LogP) is 2.47. The molecule has 0 fully saturated rings. The lowest BCUT2D eigenvalue weighted by Gasteiger charge is -2.08. The van der Waals surface area contributed by atoms with Gasteiger partial charge >= 0.3 is 0 Å². The van der Waals surface area contributed by atoms with Gasteiger partial charge in [0.15, 0.2) is 0 Å². The molecule has 0 spiro atoms. The minimum absolute atomic E-state index is 0.0531. The molecule has 0 radical (unpaired) electrons. The summed E-state index contributed by atoms with van der Waals surface area (Å²) in [5, 5.41) is 2.97. The molecular weight excluding hydrogens is 438 g/mol. The first kappa shape index (κ1) is 19.2. The molecule has 2 N–H and O–H groups in total. The summed E-state index contributed by atoms with van der Waals surface area (Å²) in [5.74, 6) is -0.477. The number of benzene rings is 1. The van der Waals surface area contributed by atoms with Crippen molar-refractivity contribution < 1.29 is 17.6 Å². The van der Waals surface area contributed by atoms with Crippen LogP contribution in [0.25, 0.3) is 16.9 Å². The van der Waals surface area contributed by atoms with Crippen LogP contribution in [0, 0.1) is 0 Å². The molecular formula is C17H16BrN3O5S. The molecule has 10 heteroatoms. The summed E-state index contributed by atoms with van der Waals surface area (Å²) in [4.78, 5) is 24.6. The number of amides is 1. The van der Waals surface area contributed by atoms with Crippen molar-refractivity contribution in [3.63, 3.8) is 0 Å². The first-order valence-electron chi connectivity index (χ1n) is 7.94. The fourth-order valence-electron chi connectivity index (χ4n) is 2.53. The number of hydrogen-bond donors (Lipinski definition) is 2. The molecule has 0 aliphatic rings. The van der Waals surface area contributed by atoms with Gasteiger partial charge in [0.05, 0.1) is 11.4 Å². The normalized spacial score (nSPS) is 11.5. The average Bonchev–Trinajstić information content (AvgIpc) is 2.99. The first-order chi connectivity index (χ1) is 12.8. The highest BCUT2D eigenvalue weighted by Crippen LogP contribution is 2.35. The van der Waals surface area contributed by atoms with Gasteiger partial charge in [-0.2, -0.15) is 0 Å². The standard InChI is InChI=1S/C17H16BrN3O5S/c1-3-27(24,25)20-12-9-13-10(8-11(12)18)15(16(23)19-2)17(26-13)21-7-5-4-6-14(21)22/h4-9,20H,3H2,1-2H3,(H,19,23). The smallest absolute Gasteiger partial charge is 0.257 e. The number of fused-ring (bicyclic) bond motifs is 1. The average molecular weight is 454 g/mol. The second kappa shape index (κ2) is 7.20. The molecule has 0 aliphatic heterocycles. The largest absolute Gasteiger partial charge is 0.439 e. The molecule has 3 rings (SSSR count). The SMILES string of the molecule is CCS(=O)(=O)Nc1cc2oc(-n3ccccc3=O)c(C(=O)NC)c2cc1Br. The van der Waals surface area contributed by atoms with Crippen molar-refractivity contribution in [1.29, 1.82) is 0 Å². The van der Waals surface area contributed by atoms with Crippen LogP contribution in [0.15, 0.2) is 50.2 Å². The summed E-state index contributed by atoms with van der Waals surface area (Å²) >= 11 is 3.32. The molecule has 142 valence electrons. The van der Waals surface area contributed by atoms with Gasteiger partial charge in [-0.25, -0.2) is 8.42 Å². The quantitative estimate of drug-likeness (QED) is 0.616. The third kappa shape index (κ3) is 3.62. The lowest BCUT2D eigenvalue weighted by atomic mass is 10.1. The number of furan rings is 1. The van der Waals surface area contributed by atoms with Gasteiger partial charge in [-0.15, -0.1) is 0 Å². The number of rotatable bonds is 5. The zero-order valence-corrected chi connectivity index (χ0v) is 16.8. The van der Waals surface area contributed by atoms with Gasteiger partial charge in [-0.1, -0.05) is 6.07 Å². The van der Waals surface area contributed by atoms with E-state index >= 15 is 0 Å². The molecule has 1 amide bonds. The Morgan fingerprint density at radius 2 is 2.04 bits per heavy atom. The first-order valence-corrected chi connectivity index (χ1v) is 10.4. The van der Waals surface area contributed by atoms with Gasteiger partial charge in [0.25, 0.3) is 11.5 Å². The number of pyridine rings is 1. The van der Waals surface area contributed by atoms with E-state index in [0.29, 0.717) is 9.86 Å². The Labute approximate surface area is 163 Å². The van der Waals surface area contributed by atoms with Gasteiger partial charge in [0.1, 0.15) is 11.1 Å². The van der Waals surface area contributed by atoms with Crippen molar-refractivity contribution >= 4 is 48.5 Å². The van der Waals surface area contributed by atoms with Gasteiger partial charge in [-0.3, -0.25) is 18.9 Å². The maximum absolute atomic E-state index is 12.5. The fraction of sp³-hybridized carbons (Fsp3) is 0.176. The summed E-state index contributed by atoms with van der Waals surface area (Å²) in [5.41, 5.74) is 0.337. The minimum atomic E-state index is -3.50. The van der Waals surface area contributed by atoms with Crippen LogP contribution in [-0.2, 0) is 10.0 Å². The maximum atomic E-state index is 12.5. The highest BCUT2D eigenvalue weighted by Gasteiger charge is 2.24. The predicted molar refractivity (Wildman–Crippen MR) is 106 cm³/mol. The van der Waals surface area contributed by atoms with Crippen molar-refractivity contribution in [2.45, 2.75) is 6.92 Å². The van der Waals surface area contributed by atoms with E-state index in [1.54, 1.807) is 18.2 Å². The maximum Gasteiger partial charge on any atom is 0.257 e. The number of nitrogens with one attached hydrogen (secondary N) is 2. The number of carbonyl (C=O) groups is 1. The van der Waals surface area contributed by atoms with Crippen LogP contribution in [0.5, 0.6) is 0 Å². The number of nitrogens with zero attached hydrogens (tertiary/aromatic N) is 1. The highest BCUT2D eigenvalue weighted by atomic mass is 79.9. The Morgan fingerprint density at radius 1 is 1.30 bits per heavy atom. The molecule has 2 heterocycles. The van der Waals surface area contributed by atoms with E-state index in [9.17, 15) is 18.0 Å². The Hall–Kier alpha value is -2.59. The highest BCUT2D eigenvalue weighted by molar-refractivity contribution is 9.10. The Kier molecular flexibility index (Phi) is 5.11. The molecule has 1 aromatic carbocycles. The van der Waals surface area contributed by atoms with Crippen molar-refractivity contribution in [2.24, 2.45) is 0 Å². The minimum Gasteiger partial charge on any atom is -0.439 e. The summed E-state index contributed by atoms with van der Waals surface area (Å²) in [7, 11) is -2.03. The van der Waals surface area contributed by atoms with E-state index in [0.717, 1.165) is 0 Å². The Morgan fingerprint density at radius 3 is 2.67 bits per heavy atom. The van der Waals surface area contributed by atoms with Crippen LogP contribution in [0.1, 0.15) is 17.3 Å². The van der Waals surface area contributed by atoms with Crippen molar-refractivity contribution in [3.05, 3.63) is 56.9 Å². The second-order valence-electron chi connectivity index (χ2n) is 5.60. The second-order valence-corrected chi connectivity index (χ2v) is 8.47. The van der Waals surface area contributed by atoms with Gasteiger partial charge < -0.3 is 9.73 Å². The van der Waals surface area contributed by atoms with E-state index in [1.165, 1.54) is 36.9 Å². The zero-order valence-electron chi connectivity index (χ0n) is 14.4. The number of hydrogen-bond acceptors (Lipinski definition) is 5. The van der Waals surface area contributed by atoms with Crippen molar-refractivity contribution in [3.8, 4) is 5.88 Å². The van der Waals surface area contributed by atoms with E-state index in [-0.39, 0.29) is 34.0 Å². The monoisotopic (exact) mass is 453 g/mol. The fourth-order valence-corrected chi connectivity index (χ4v) is 3.75. The van der Waals surface area contributed by atoms with Crippen molar-refractivity contribution in [2.75, 3.05) is 17.5 Å². The van der Waals surface area contributed by atoms with E-state index in [1.807, 2.05) is 0 Å². The summed E-state index contributed by atoms with van der Waals surface area (Å²) < 4.78 is 33.6. The zero-order chi connectivity index (χ0) is 19.8. The Balaban J connectivity index is 2.30. The molecule has 0 unspecified atom stereocenters. The molecule has 2 aromatic heterocycles. The lowest BCUT2D eigenvalue weighted by Crippen LogP contribution is -2.22. The third-order valence-electron chi connectivity index (χ3n) is 3.90. The van der Waals surface area contributed by atoms with Gasteiger partial charge in [-0.05, 0) is 35.0 Å². The van der Waals surface area contributed by atoms with Crippen LogP contribution in [0.4, 0.5) is 5.69 Å². The van der Waals surface area contributed by atoms with Crippen LogP contribution in [0.3, 0.4) is 0 Å². The number of halogens is 1. The number of carbonyl (C=O) groups excluding carboxylic acids is 1. The lowest BCUT2D eigenvalue weighted by molar-refractivity contribution is 0.0964. The third-order valence-corrected chi connectivity index (χ3v) is 5.85. The number of sulfonamides is 1. The summed E-state index contributed by atoms with van der Waals surface area (Å²) in [6.45, 7) is 1.52. The van der Waals surface area contributed by atoms with Crippen LogP contribution < -0.4 is 15.6 Å². The van der Waals surface area contributed by atoms with E-state index in [4.69, 9.17) is 4.42 Å². The molecule has 27 heavy (non-hydrogen) atoms. The molecule has 0 aliphatic carbocycles. The molecule has 0 atom stereocenters. The molecule has 0 bridgehead atoms. The van der Waals surface area contributed by atoms with Crippen LogP contribution in [0.2, 0.25) is 0 Å². The molecule has 0 saturated heterocycles. The van der Waals surface area contributed by atoms with Gasteiger partial charge in [0.2, 0.25) is 15.9 Å². The van der Waals surface area contributed by atoms with Gasteiger partial charge in [0, 0.05) is 35.2 Å². The Bertz CT molecular complexity index is 1200.